The molecule has 1 aliphatic carbocycles. The third-order valence-corrected chi connectivity index (χ3v) is 3.38. The second-order valence-electron chi connectivity index (χ2n) is 4.53. The summed E-state index contributed by atoms with van der Waals surface area (Å²) in [6, 6.07) is 15.0. The van der Waals surface area contributed by atoms with Crippen LogP contribution in [0.15, 0.2) is 48.5 Å². The van der Waals surface area contributed by atoms with Gasteiger partial charge >= 0.3 is 5.97 Å². The van der Waals surface area contributed by atoms with Gasteiger partial charge in [0.1, 0.15) is 11.9 Å². The van der Waals surface area contributed by atoms with Crippen LogP contribution in [0.1, 0.15) is 27.6 Å². The first-order valence-electron chi connectivity index (χ1n) is 6.21. The van der Waals surface area contributed by atoms with Crippen molar-refractivity contribution in [1.82, 2.24) is 0 Å². The summed E-state index contributed by atoms with van der Waals surface area (Å²) in [5, 5.41) is 0. The molecule has 0 radical (unpaired) electrons. The van der Waals surface area contributed by atoms with E-state index >= 15 is 0 Å². The van der Waals surface area contributed by atoms with Crippen molar-refractivity contribution < 1.29 is 14.3 Å². The molecule has 0 heterocycles. The highest BCUT2D eigenvalue weighted by Crippen LogP contribution is 2.36. The Kier molecular flexibility index (Phi) is 2.95. The molecular weight excluding hydrogens is 240 g/mol. The molecule has 0 N–H and O–H groups in total. The lowest BCUT2D eigenvalue weighted by atomic mass is 9.85. The summed E-state index contributed by atoms with van der Waals surface area (Å²) in [6.45, 7) is 0. The van der Waals surface area contributed by atoms with Gasteiger partial charge in [0, 0.05) is 6.42 Å². The second-order valence-corrected chi connectivity index (χ2v) is 4.53. The largest absolute Gasteiger partial charge is 0.497 e. The zero-order chi connectivity index (χ0) is 13.2. The molecular formula is C16H14O3. The first-order chi connectivity index (χ1) is 9.28. The lowest BCUT2D eigenvalue weighted by Gasteiger charge is -2.29. The van der Waals surface area contributed by atoms with E-state index in [0.717, 1.165) is 17.7 Å². The average molecular weight is 254 g/mol. The van der Waals surface area contributed by atoms with Gasteiger partial charge < -0.3 is 9.47 Å². The summed E-state index contributed by atoms with van der Waals surface area (Å²) >= 11 is 0. The van der Waals surface area contributed by atoms with Gasteiger partial charge in [-0.1, -0.05) is 24.3 Å². The highest BCUT2D eigenvalue weighted by molar-refractivity contribution is 5.89. The molecule has 1 aliphatic rings. The minimum absolute atomic E-state index is 0.106. The SMILES string of the molecule is COc1ccc(C(=O)O[C@@H]2Cc3ccccc32)cc1. The quantitative estimate of drug-likeness (QED) is 0.789. The maximum absolute atomic E-state index is 12.0. The van der Waals surface area contributed by atoms with Crippen molar-refractivity contribution in [2.45, 2.75) is 12.5 Å². The van der Waals surface area contributed by atoms with Gasteiger partial charge in [0.2, 0.25) is 0 Å². The van der Waals surface area contributed by atoms with Gasteiger partial charge in [0.15, 0.2) is 0 Å². The molecule has 0 bridgehead atoms. The minimum Gasteiger partial charge on any atom is -0.497 e. The van der Waals surface area contributed by atoms with Crippen molar-refractivity contribution in [1.29, 1.82) is 0 Å². The highest BCUT2D eigenvalue weighted by Gasteiger charge is 2.29. The highest BCUT2D eigenvalue weighted by atomic mass is 16.5. The monoisotopic (exact) mass is 254 g/mol. The third-order valence-electron chi connectivity index (χ3n) is 3.38. The number of hydrogen-bond donors (Lipinski definition) is 0. The summed E-state index contributed by atoms with van der Waals surface area (Å²) < 4.78 is 10.5. The Hall–Kier alpha value is -2.29. The molecule has 96 valence electrons. The fraction of sp³-hybridized carbons (Fsp3) is 0.188. The van der Waals surface area contributed by atoms with Crippen LogP contribution in [0.2, 0.25) is 0 Å². The normalized spacial score (nSPS) is 16.2. The molecule has 19 heavy (non-hydrogen) atoms. The maximum Gasteiger partial charge on any atom is 0.338 e. The van der Waals surface area contributed by atoms with Crippen molar-refractivity contribution >= 4 is 5.97 Å². The van der Waals surface area contributed by atoms with Crippen molar-refractivity contribution in [3.05, 3.63) is 65.2 Å². The molecule has 3 heteroatoms. The van der Waals surface area contributed by atoms with Crippen molar-refractivity contribution in [3.8, 4) is 5.75 Å². The van der Waals surface area contributed by atoms with Crippen molar-refractivity contribution in [2.75, 3.05) is 7.11 Å². The van der Waals surface area contributed by atoms with Crippen molar-refractivity contribution in [2.24, 2.45) is 0 Å². The summed E-state index contributed by atoms with van der Waals surface area (Å²) in [7, 11) is 1.60. The van der Waals surface area contributed by atoms with Gasteiger partial charge in [0.25, 0.3) is 0 Å². The standard InChI is InChI=1S/C16H14O3/c1-18-13-8-6-11(7-9-13)16(17)19-15-10-12-4-2-3-5-14(12)15/h2-9,15H,10H2,1H3/t15-/m1/s1. The zero-order valence-corrected chi connectivity index (χ0v) is 10.6. The first kappa shape index (κ1) is 11.8. The Morgan fingerprint density at radius 3 is 2.53 bits per heavy atom. The van der Waals surface area contributed by atoms with Crippen LogP contribution in [0, 0.1) is 0 Å². The van der Waals surface area contributed by atoms with Crippen LogP contribution >= 0.6 is 0 Å². The molecule has 0 fully saturated rings. The maximum atomic E-state index is 12.0. The molecule has 2 aromatic rings. The van der Waals surface area contributed by atoms with Crippen LogP contribution in [0.4, 0.5) is 0 Å². The number of carbonyl (C=O) groups is 1. The number of benzene rings is 2. The smallest absolute Gasteiger partial charge is 0.338 e. The molecule has 0 aromatic heterocycles. The second kappa shape index (κ2) is 4.76. The Morgan fingerprint density at radius 1 is 1.11 bits per heavy atom. The van der Waals surface area contributed by atoms with E-state index in [4.69, 9.17) is 9.47 Å². The van der Waals surface area contributed by atoms with E-state index in [1.54, 1.807) is 31.4 Å². The van der Waals surface area contributed by atoms with Crippen molar-refractivity contribution in [3.63, 3.8) is 0 Å². The van der Waals surface area contributed by atoms with E-state index in [1.165, 1.54) is 5.56 Å². The van der Waals surface area contributed by atoms with E-state index in [1.807, 2.05) is 18.2 Å². The van der Waals surface area contributed by atoms with Gasteiger partial charge in [-0.25, -0.2) is 4.79 Å². The summed E-state index contributed by atoms with van der Waals surface area (Å²) in [5.41, 5.74) is 2.92. The van der Waals surface area contributed by atoms with Gasteiger partial charge in [-0.15, -0.1) is 0 Å². The molecule has 0 saturated heterocycles. The molecule has 0 aliphatic heterocycles. The Bertz CT molecular complexity index is 602. The molecule has 0 amide bonds. The molecule has 3 nitrogen and oxygen atoms in total. The van der Waals surface area contributed by atoms with Crippen LogP contribution in [-0.4, -0.2) is 13.1 Å². The molecule has 3 rings (SSSR count). The number of esters is 1. The van der Waals surface area contributed by atoms with Crippen LogP contribution in [0.3, 0.4) is 0 Å². The lowest BCUT2D eigenvalue weighted by molar-refractivity contribution is 0.0242. The van der Waals surface area contributed by atoms with E-state index < -0.39 is 0 Å². The molecule has 0 unspecified atom stereocenters. The number of fused-ring (bicyclic) bond motifs is 1. The Balaban J connectivity index is 1.69. The number of carbonyl (C=O) groups excluding carboxylic acids is 1. The van der Waals surface area contributed by atoms with Gasteiger partial charge in [-0.3, -0.25) is 0 Å². The average Bonchev–Trinajstić information content (AvgIpc) is 2.44. The molecule has 2 aromatic carbocycles. The lowest BCUT2D eigenvalue weighted by Crippen LogP contribution is -2.22. The van der Waals surface area contributed by atoms with Gasteiger partial charge in [-0.05, 0) is 35.4 Å². The zero-order valence-electron chi connectivity index (χ0n) is 10.6. The fourth-order valence-corrected chi connectivity index (χ4v) is 2.24. The predicted octanol–water partition coefficient (Wildman–Crippen LogP) is 3.15. The van der Waals surface area contributed by atoms with E-state index in [0.29, 0.717) is 5.56 Å². The topological polar surface area (TPSA) is 35.5 Å². The predicted molar refractivity (Wildman–Crippen MR) is 71.3 cm³/mol. The van der Waals surface area contributed by atoms with Crippen LogP contribution in [-0.2, 0) is 11.2 Å². The third kappa shape index (κ3) is 2.19. The minimum atomic E-state index is -0.290. The van der Waals surface area contributed by atoms with E-state index in [9.17, 15) is 4.79 Å². The molecule has 0 spiro atoms. The summed E-state index contributed by atoms with van der Waals surface area (Å²) in [6.07, 6.45) is 0.698. The molecule has 1 atom stereocenters. The van der Waals surface area contributed by atoms with Crippen LogP contribution < -0.4 is 4.74 Å². The number of ether oxygens (including phenoxy) is 2. The Morgan fingerprint density at radius 2 is 1.84 bits per heavy atom. The Labute approximate surface area is 111 Å². The first-order valence-corrected chi connectivity index (χ1v) is 6.21. The van der Waals surface area contributed by atoms with Gasteiger partial charge in [-0.2, -0.15) is 0 Å². The van der Waals surface area contributed by atoms with E-state index in [-0.39, 0.29) is 12.1 Å². The van der Waals surface area contributed by atoms with Crippen LogP contribution in [0.25, 0.3) is 0 Å². The molecule has 0 saturated carbocycles. The number of methoxy groups -OCH3 is 1. The van der Waals surface area contributed by atoms with E-state index in [2.05, 4.69) is 6.07 Å². The summed E-state index contributed by atoms with van der Waals surface area (Å²) in [5.74, 6) is 0.438. The number of hydrogen-bond acceptors (Lipinski definition) is 3. The summed E-state index contributed by atoms with van der Waals surface area (Å²) in [4.78, 5) is 12.0. The van der Waals surface area contributed by atoms with Crippen LogP contribution in [0.5, 0.6) is 5.75 Å². The van der Waals surface area contributed by atoms with Gasteiger partial charge in [0.05, 0.1) is 12.7 Å². The number of rotatable bonds is 3. The fourth-order valence-electron chi connectivity index (χ4n) is 2.24.